The van der Waals surface area contributed by atoms with Crippen molar-refractivity contribution in [3.05, 3.63) is 35.6 Å². The van der Waals surface area contributed by atoms with E-state index in [9.17, 15) is 0 Å². The van der Waals surface area contributed by atoms with Crippen molar-refractivity contribution >= 4 is 11.0 Å². The molecule has 1 aromatic heterocycles. The number of hydrogen-bond acceptors (Lipinski definition) is 3. The first-order valence-corrected chi connectivity index (χ1v) is 3.87. The number of furan rings is 1. The minimum Gasteiger partial charge on any atom is -0.459 e. The van der Waals surface area contributed by atoms with E-state index in [2.05, 4.69) is 0 Å². The fourth-order valence-electron chi connectivity index (χ4n) is 1.25. The molecule has 0 aliphatic heterocycles. The Kier molecular flexibility index (Phi) is 1.76. The zero-order chi connectivity index (χ0) is 9.26. The van der Waals surface area contributed by atoms with Crippen LogP contribution in [0.15, 0.2) is 28.7 Å². The van der Waals surface area contributed by atoms with Crippen LogP contribution in [0.2, 0.25) is 0 Å². The molecule has 13 heavy (non-hydrogen) atoms. The lowest BCUT2D eigenvalue weighted by atomic mass is 10.2. The van der Waals surface area contributed by atoms with Crippen molar-refractivity contribution in [3.63, 3.8) is 0 Å². The van der Waals surface area contributed by atoms with E-state index in [1.807, 2.05) is 6.07 Å². The number of nitriles is 1. The topological polar surface area (TPSA) is 57.2 Å². The summed E-state index contributed by atoms with van der Waals surface area (Å²) in [6.45, 7) is -0.115. The molecule has 3 heteroatoms. The summed E-state index contributed by atoms with van der Waals surface area (Å²) in [6.07, 6.45) is 0. The summed E-state index contributed by atoms with van der Waals surface area (Å²) in [5.74, 6) is 0.519. The molecule has 1 N–H and O–H groups in total. The molecule has 0 radical (unpaired) electrons. The van der Waals surface area contributed by atoms with Gasteiger partial charge in [0.25, 0.3) is 0 Å². The van der Waals surface area contributed by atoms with E-state index in [4.69, 9.17) is 14.8 Å². The fourth-order valence-corrected chi connectivity index (χ4v) is 1.25. The van der Waals surface area contributed by atoms with Gasteiger partial charge in [0.15, 0.2) is 0 Å². The van der Waals surface area contributed by atoms with Crippen LogP contribution in [0.4, 0.5) is 0 Å². The Morgan fingerprint density at radius 1 is 1.38 bits per heavy atom. The van der Waals surface area contributed by atoms with Gasteiger partial charge in [-0.05, 0) is 24.3 Å². The molecule has 0 spiro atoms. The van der Waals surface area contributed by atoms with Gasteiger partial charge in [-0.15, -0.1) is 0 Å². The molecule has 0 unspecified atom stereocenters. The van der Waals surface area contributed by atoms with Gasteiger partial charge in [0.05, 0.1) is 11.6 Å². The van der Waals surface area contributed by atoms with E-state index in [1.54, 1.807) is 24.3 Å². The largest absolute Gasteiger partial charge is 0.459 e. The van der Waals surface area contributed by atoms with Crippen molar-refractivity contribution in [1.82, 2.24) is 0 Å². The van der Waals surface area contributed by atoms with Crippen LogP contribution in [-0.2, 0) is 6.61 Å². The number of nitrogens with zero attached hydrogens (tertiary/aromatic N) is 1. The molecule has 0 bridgehead atoms. The third kappa shape index (κ3) is 1.28. The first-order chi connectivity index (χ1) is 6.33. The lowest BCUT2D eigenvalue weighted by Gasteiger charge is -1.87. The van der Waals surface area contributed by atoms with Crippen molar-refractivity contribution in [3.8, 4) is 6.07 Å². The quantitative estimate of drug-likeness (QED) is 0.715. The van der Waals surface area contributed by atoms with Crippen LogP contribution >= 0.6 is 0 Å². The van der Waals surface area contributed by atoms with Gasteiger partial charge in [0.1, 0.15) is 18.0 Å². The van der Waals surface area contributed by atoms with Gasteiger partial charge >= 0.3 is 0 Å². The molecule has 0 fully saturated rings. The first kappa shape index (κ1) is 7.84. The predicted molar refractivity (Wildman–Crippen MR) is 46.9 cm³/mol. The summed E-state index contributed by atoms with van der Waals surface area (Å²) < 4.78 is 5.26. The van der Waals surface area contributed by atoms with Gasteiger partial charge in [-0.25, -0.2) is 0 Å². The second-order valence-corrected chi connectivity index (χ2v) is 2.74. The molecule has 0 amide bonds. The van der Waals surface area contributed by atoms with Crippen molar-refractivity contribution in [2.45, 2.75) is 6.61 Å². The van der Waals surface area contributed by atoms with E-state index in [0.29, 0.717) is 16.9 Å². The highest BCUT2D eigenvalue weighted by atomic mass is 16.4. The SMILES string of the molecule is N#Cc1ccc2oc(CO)cc2c1. The summed E-state index contributed by atoms with van der Waals surface area (Å²) in [5.41, 5.74) is 1.29. The van der Waals surface area contributed by atoms with Crippen LogP contribution in [0.5, 0.6) is 0 Å². The number of rotatable bonds is 1. The highest BCUT2D eigenvalue weighted by molar-refractivity contribution is 5.79. The summed E-state index contributed by atoms with van der Waals surface area (Å²) in [4.78, 5) is 0. The average molecular weight is 173 g/mol. The third-order valence-corrected chi connectivity index (χ3v) is 1.85. The Labute approximate surface area is 74.8 Å². The lowest BCUT2D eigenvalue weighted by Crippen LogP contribution is -1.72. The van der Waals surface area contributed by atoms with E-state index in [1.165, 1.54) is 0 Å². The average Bonchev–Trinajstić information content (AvgIpc) is 2.58. The maximum absolute atomic E-state index is 8.81. The van der Waals surface area contributed by atoms with E-state index >= 15 is 0 Å². The van der Waals surface area contributed by atoms with Crippen molar-refractivity contribution in [2.24, 2.45) is 0 Å². The second-order valence-electron chi connectivity index (χ2n) is 2.74. The van der Waals surface area contributed by atoms with Crippen molar-refractivity contribution in [1.29, 1.82) is 5.26 Å². The molecule has 0 aliphatic rings. The van der Waals surface area contributed by atoms with Gasteiger partial charge in [-0.2, -0.15) is 5.26 Å². The number of benzene rings is 1. The Morgan fingerprint density at radius 3 is 2.92 bits per heavy atom. The standard InChI is InChI=1S/C10H7NO2/c11-5-7-1-2-10-8(3-7)4-9(6-12)13-10/h1-4,12H,6H2. The molecule has 64 valence electrons. The molecule has 0 saturated carbocycles. The zero-order valence-electron chi connectivity index (χ0n) is 6.82. The van der Waals surface area contributed by atoms with Crippen molar-refractivity contribution in [2.75, 3.05) is 0 Å². The second kappa shape index (κ2) is 2.92. The smallest absolute Gasteiger partial charge is 0.134 e. The van der Waals surface area contributed by atoms with Crippen LogP contribution in [-0.4, -0.2) is 5.11 Å². The highest BCUT2D eigenvalue weighted by Gasteiger charge is 2.02. The number of fused-ring (bicyclic) bond motifs is 1. The first-order valence-electron chi connectivity index (χ1n) is 3.87. The predicted octanol–water partition coefficient (Wildman–Crippen LogP) is 1.80. The monoisotopic (exact) mass is 173 g/mol. The van der Waals surface area contributed by atoms with E-state index < -0.39 is 0 Å². The van der Waals surface area contributed by atoms with Crippen LogP contribution in [0.1, 0.15) is 11.3 Å². The molecular weight excluding hydrogens is 166 g/mol. The molecule has 2 aromatic rings. The number of hydrogen-bond donors (Lipinski definition) is 1. The minimum absolute atomic E-state index is 0.115. The number of aliphatic hydroxyl groups excluding tert-OH is 1. The Balaban J connectivity index is 2.65. The Hall–Kier alpha value is -1.79. The Bertz CT molecular complexity index is 479. The molecule has 2 rings (SSSR count). The zero-order valence-corrected chi connectivity index (χ0v) is 6.82. The molecule has 1 heterocycles. The van der Waals surface area contributed by atoms with E-state index in [-0.39, 0.29) is 6.61 Å². The van der Waals surface area contributed by atoms with Crippen LogP contribution < -0.4 is 0 Å². The lowest BCUT2D eigenvalue weighted by molar-refractivity contribution is 0.251. The summed E-state index contributed by atoms with van der Waals surface area (Å²) in [7, 11) is 0. The van der Waals surface area contributed by atoms with Gasteiger partial charge in [0, 0.05) is 5.39 Å². The van der Waals surface area contributed by atoms with Crippen LogP contribution in [0.25, 0.3) is 11.0 Å². The van der Waals surface area contributed by atoms with E-state index in [0.717, 1.165) is 5.39 Å². The van der Waals surface area contributed by atoms with Gasteiger partial charge < -0.3 is 9.52 Å². The van der Waals surface area contributed by atoms with Gasteiger partial charge in [-0.1, -0.05) is 0 Å². The van der Waals surface area contributed by atoms with Gasteiger partial charge in [0.2, 0.25) is 0 Å². The van der Waals surface area contributed by atoms with Crippen LogP contribution in [0, 0.1) is 11.3 Å². The van der Waals surface area contributed by atoms with Crippen molar-refractivity contribution < 1.29 is 9.52 Å². The summed E-state index contributed by atoms with van der Waals surface area (Å²) in [6, 6.07) is 8.93. The molecule has 0 aliphatic carbocycles. The summed E-state index contributed by atoms with van der Waals surface area (Å²) in [5, 5.41) is 18.3. The molecule has 0 saturated heterocycles. The maximum atomic E-state index is 8.81. The summed E-state index contributed by atoms with van der Waals surface area (Å²) >= 11 is 0. The minimum atomic E-state index is -0.115. The maximum Gasteiger partial charge on any atom is 0.134 e. The highest BCUT2D eigenvalue weighted by Crippen LogP contribution is 2.20. The van der Waals surface area contributed by atoms with Crippen LogP contribution in [0.3, 0.4) is 0 Å². The molecule has 0 atom stereocenters. The molecule has 1 aromatic carbocycles. The van der Waals surface area contributed by atoms with Gasteiger partial charge in [-0.3, -0.25) is 0 Å². The molecular formula is C10H7NO2. The number of aliphatic hydroxyl groups is 1. The Morgan fingerprint density at radius 2 is 2.23 bits per heavy atom. The fraction of sp³-hybridized carbons (Fsp3) is 0.100. The normalized spacial score (nSPS) is 10.2. The third-order valence-electron chi connectivity index (χ3n) is 1.85. The molecule has 3 nitrogen and oxygen atoms in total.